The minimum Gasteiger partial charge on any atom is -0.507 e. The lowest BCUT2D eigenvalue weighted by Crippen LogP contribution is -2.13. The van der Waals surface area contributed by atoms with Crippen LogP contribution in [0.1, 0.15) is 60.9 Å². The first-order valence-corrected chi connectivity index (χ1v) is 40.8. The maximum absolute atomic E-state index is 12.5. The molecule has 0 saturated heterocycles. The number of hydrogen-bond acceptors (Lipinski definition) is 35. The summed E-state index contributed by atoms with van der Waals surface area (Å²) in [6, 6.07) is 31.8. The monoisotopic (exact) mass is 1670 g/mol. The Labute approximate surface area is 659 Å². The number of esters is 1. The second kappa shape index (κ2) is 36.6. The van der Waals surface area contributed by atoms with Gasteiger partial charge in [0, 0.05) is 68.5 Å². The Morgan fingerprint density at radius 3 is 1.45 bits per heavy atom. The van der Waals surface area contributed by atoms with E-state index in [1.165, 1.54) is 108 Å². The molecule has 0 bridgehead atoms. The number of hydrogen-bond donors (Lipinski definition) is 10. The normalized spacial score (nSPS) is 11.6. The molecule has 0 aliphatic carbocycles. The van der Waals surface area contributed by atoms with Crippen molar-refractivity contribution in [2.24, 2.45) is 56.9 Å². The summed E-state index contributed by atoms with van der Waals surface area (Å²) in [7, 11) is -7.20. The number of nitrogens with zero attached hydrogens (tertiary/aromatic N) is 14. The molecule has 4 amide bonds. The summed E-state index contributed by atoms with van der Waals surface area (Å²) in [6.07, 6.45) is 0.933. The van der Waals surface area contributed by atoms with Gasteiger partial charge >= 0.3 is 12.1 Å². The number of ether oxygens (including phenoxy) is 2. The molecule has 0 atom stereocenters. The smallest absolute Gasteiger partial charge is 0.411 e. The number of nitrogens with one attached hydrogen (secondary N) is 3. The molecule has 576 valence electrons. The zero-order chi connectivity index (χ0) is 80.7. The number of thiazole rings is 2. The Hall–Kier alpha value is -12.1. The first-order chi connectivity index (χ1) is 53.5. The first-order valence-electron chi connectivity index (χ1n) is 32.4. The predicted octanol–water partition coefficient (Wildman–Crippen LogP) is 16.8. The van der Waals surface area contributed by atoms with Gasteiger partial charge in [0.15, 0.2) is 8.68 Å². The Morgan fingerprint density at radius 2 is 0.973 bits per heavy atom. The fourth-order valence-corrected chi connectivity index (χ4v) is 16.1. The highest BCUT2D eigenvalue weighted by molar-refractivity contribution is 8.01. The lowest BCUT2D eigenvalue weighted by Gasteiger charge is -2.13. The zero-order valence-corrected chi connectivity index (χ0v) is 65.9. The van der Waals surface area contributed by atoms with Crippen LogP contribution in [0.2, 0.25) is 0 Å². The van der Waals surface area contributed by atoms with Crippen LogP contribution in [0.5, 0.6) is 23.0 Å². The summed E-state index contributed by atoms with van der Waals surface area (Å²) in [5, 5.41) is 115. The van der Waals surface area contributed by atoms with Crippen LogP contribution in [0.25, 0.3) is 53.3 Å². The molecule has 9 aromatic carbocycles. The third-order valence-corrected chi connectivity index (χ3v) is 22.1. The maximum atomic E-state index is 12.5. The third-order valence-electron chi connectivity index (χ3n) is 15.0. The van der Waals surface area contributed by atoms with Crippen LogP contribution in [-0.2, 0) is 39.1 Å². The molecule has 0 unspecified atom stereocenters. The SMILES string of the molecule is CC(=O)Nc1cccc2c(O)c(S(N)(=O)=O)cc(N=Nc3nccs3)c12.CCOC(=O)c1cccc2c(O)c(S(N)(=O)=O)cc(N=Nc3nc4ccccc4s3)c12.CCSc1nnc(N=Nc2cc(C(N)=O)c(O)c3cccc(NC(C)=O)c23)s1.CCSc1nnc(N=Nc2cc(C)c(O)c3cccc(NC(=O)OC)c23)s1. The van der Waals surface area contributed by atoms with Crippen LogP contribution < -0.4 is 32.0 Å². The lowest BCUT2D eigenvalue weighted by atomic mass is 10.0. The summed E-state index contributed by atoms with van der Waals surface area (Å²) < 4.78 is 59.9. The van der Waals surface area contributed by atoms with E-state index in [-0.39, 0.29) is 74.3 Å². The Balaban J connectivity index is 0.000000159. The molecule has 13 N–H and O–H groups in total. The van der Waals surface area contributed by atoms with Gasteiger partial charge < -0.3 is 46.3 Å². The molecule has 4 heterocycles. The van der Waals surface area contributed by atoms with Crippen molar-refractivity contribution >= 4 is 232 Å². The van der Waals surface area contributed by atoms with Crippen molar-refractivity contribution in [2.75, 3.05) is 41.2 Å². The molecule has 0 saturated carbocycles. The fourth-order valence-electron chi connectivity index (χ4n) is 10.5. The quantitative estimate of drug-likeness (QED) is 0.0192. The summed E-state index contributed by atoms with van der Waals surface area (Å²) in [5.41, 5.74) is 8.89. The van der Waals surface area contributed by atoms with Gasteiger partial charge in [0.2, 0.25) is 42.1 Å². The highest BCUT2D eigenvalue weighted by atomic mass is 32.2. The van der Waals surface area contributed by atoms with Crippen LogP contribution in [-0.4, -0.2) is 123 Å². The minimum atomic E-state index is -4.28. The Kier molecular flexibility index (Phi) is 27.0. The molecule has 0 spiro atoms. The molecule has 0 aliphatic rings. The molecule has 4 aromatic heterocycles. The topological polar surface area (TPSA) is 543 Å². The number of aromatic nitrogens is 6. The number of sulfonamides is 2. The van der Waals surface area contributed by atoms with E-state index in [1.54, 1.807) is 91.8 Å². The largest absolute Gasteiger partial charge is 0.507 e. The van der Waals surface area contributed by atoms with E-state index in [9.17, 15) is 61.2 Å². The van der Waals surface area contributed by atoms with Crippen LogP contribution >= 0.6 is 68.9 Å². The molecule has 0 fully saturated rings. The van der Waals surface area contributed by atoms with Crippen molar-refractivity contribution in [1.82, 2.24) is 30.4 Å². The number of azo groups is 4. The number of thioether (sulfide) groups is 2. The van der Waals surface area contributed by atoms with Crippen molar-refractivity contribution in [2.45, 2.75) is 60.0 Å². The first kappa shape index (κ1) is 82.4. The second-order valence-electron chi connectivity index (χ2n) is 22.6. The number of nitrogens with two attached hydrogens (primary N) is 3. The predicted molar refractivity (Wildman–Crippen MR) is 430 cm³/mol. The number of phenols is 4. The van der Waals surface area contributed by atoms with Gasteiger partial charge in [-0.2, -0.15) is 0 Å². The van der Waals surface area contributed by atoms with Gasteiger partial charge in [-0.1, -0.05) is 132 Å². The molecule has 0 radical (unpaired) electrons. The highest BCUT2D eigenvalue weighted by Crippen LogP contribution is 2.47. The molecule has 13 aromatic rings. The average molecular weight is 1670 g/mol. The number of primary sulfonamides is 2. The minimum absolute atomic E-state index is 0.0275. The molecule has 43 heteroatoms. The fraction of sp³-hybridized carbons (Fsp3) is 0.145. The molecule has 112 heavy (non-hydrogen) atoms. The van der Waals surface area contributed by atoms with E-state index in [1.807, 2.05) is 38.1 Å². The number of carbonyl (C=O) groups excluding carboxylic acids is 5. The Bertz CT molecular complexity index is 6140. The number of carbonyl (C=O) groups is 5. The van der Waals surface area contributed by atoms with E-state index in [0.717, 1.165) is 42.5 Å². The number of phenolic OH excluding ortho intramolecular Hbond substituents is 3. The van der Waals surface area contributed by atoms with Gasteiger partial charge in [-0.25, -0.2) is 46.7 Å². The van der Waals surface area contributed by atoms with Gasteiger partial charge in [0.05, 0.1) is 74.9 Å². The second-order valence-corrected chi connectivity index (χ2v) is 32.4. The molecule has 35 nitrogen and oxygen atoms in total. The summed E-state index contributed by atoms with van der Waals surface area (Å²) in [6.45, 7) is 10.3. The van der Waals surface area contributed by atoms with Crippen LogP contribution in [0.4, 0.5) is 65.1 Å². The van der Waals surface area contributed by atoms with Crippen molar-refractivity contribution in [3.05, 3.63) is 150 Å². The summed E-state index contributed by atoms with van der Waals surface area (Å²) in [4.78, 5) is 66.2. The van der Waals surface area contributed by atoms with E-state index in [0.29, 0.717) is 75.8 Å². The number of primary amides is 1. The number of rotatable bonds is 20. The van der Waals surface area contributed by atoms with E-state index in [2.05, 4.69) is 92.0 Å². The zero-order valence-electron chi connectivity index (χ0n) is 59.4. The van der Waals surface area contributed by atoms with Crippen LogP contribution in [0, 0.1) is 6.92 Å². The number of amides is 4. The van der Waals surface area contributed by atoms with Crippen molar-refractivity contribution < 1.29 is 70.7 Å². The van der Waals surface area contributed by atoms with Gasteiger partial charge in [0.1, 0.15) is 32.8 Å². The molecular weight excluding hydrogens is 1610 g/mol. The van der Waals surface area contributed by atoms with Gasteiger partial charge in [-0.3, -0.25) is 19.7 Å². The summed E-state index contributed by atoms with van der Waals surface area (Å²) in [5.74, 6) is -1.60. The molecule has 0 aliphatic heterocycles. The third kappa shape index (κ3) is 19.9. The number of aromatic hydroxyl groups is 4. The highest BCUT2D eigenvalue weighted by Gasteiger charge is 2.26. The van der Waals surface area contributed by atoms with Gasteiger partial charge in [-0.15, -0.1) is 72.6 Å². The number of anilines is 3. The van der Waals surface area contributed by atoms with E-state index in [4.69, 9.17) is 20.7 Å². The number of benzene rings is 9. The summed E-state index contributed by atoms with van der Waals surface area (Å²) >= 11 is 8.29. The lowest BCUT2D eigenvalue weighted by molar-refractivity contribution is -0.115. The molecular formula is C69H62N20O15S8. The van der Waals surface area contributed by atoms with E-state index >= 15 is 0 Å². The van der Waals surface area contributed by atoms with Crippen molar-refractivity contribution in [1.29, 1.82) is 0 Å². The number of aryl methyl sites for hydroxylation is 1. The van der Waals surface area contributed by atoms with Crippen LogP contribution in [0.15, 0.2) is 192 Å². The number of para-hydroxylation sites is 1. The van der Waals surface area contributed by atoms with E-state index < -0.39 is 59.3 Å². The average Bonchev–Trinajstić information content (AvgIpc) is 0.953. The van der Waals surface area contributed by atoms with Gasteiger partial charge in [0.25, 0.3) is 16.2 Å². The Morgan fingerprint density at radius 1 is 0.518 bits per heavy atom. The van der Waals surface area contributed by atoms with Crippen molar-refractivity contribution in [3.8, 4) is 23.0 Å². The standard InChI is InChI=1S/C20H16N4O5S2.C17H16N6O3S2.C17H17N5O3S2.C15H13N5O4S2/c1-2-29-19(26)12-7-5-6-11-17(12)14(10-16(18(11)25)31(21,27)28)23-24-20-22-13-8-3-4-9-15(13)30-20;1-3-27-17-23-22-16(28-17)21-20-12-7-10(15(18)26)14(25)9-5-4-6-11(13(9)12)19-8(2)24;1-4-26-17-22-21-15(27-17)20-19-12-8-9(2)14(23)10-6-5-7-11(13(10)12)18-16(24)25-3;1-8(21)18-10-4-2-3-9-13(10)11(19-20-15-17-5-6-25-15)7-12(14(9)22)26(16,23)24/h3-10,25H,2H2,1H3,(H2,21,27,28);4-7,25H,3H2,1-2H3,(H2,18,26)(H,19,24);5-8,23H,4H2,1-3H3,(H,18,24);2-7,22H,1H3,(H,18,21)(H2,16,23,24). The number of fused-ring (bicyclic) bond motifs is 5. The number of methoxy groups -OCH3 is 1. The van der Waals surface area contributed by atoms with Gasteiger partial charge in [-0.05, 0) is 91.6 Å². The van der Waals surface area contributed by atoms with Crippen LogP contribution in [0.3, 0.4) is 0 Å². The maximum Gasteiger partial charge on any atom is 0.411 e. The van der Waals surface area contributed by atoms with Crippen molar-refractivity contribution in [3.63, 3.8) is 0 Å². The molecule has 13 rings (SSSR count).